The summed E-state index contributed by atoms with van der Waals surface area (Å²) >= 11 is 5.98. The average molecular weight is 288 g/mol. The fourth-order valence-corrected chi connectivity index (χ4v) is 1.76. The van der Waals surface area contributed by atoms with Gasteiger partial charge in [0.1, 0.15) is 18.5 Å². The Kier molecular flexibility index (Phi) is 7.16. The summed E-state index contributed by atoms with van der Waals surface area (Å²) in [7, 11) is 0. The average Bonchev–Trinajstić information content (AvgIpc) is 2.37. The van der Waals surface area contributed by atoms with Crippen LogP contribution in [0.25, 0.3) is 0 Å². The van der Waals surface area contributed by atoms with Crippen LogP contribution in [0.2, 0.25) is 5.02 Å². The number of halogens is 1. The van der Waals surface area contributed by atoms with Gasteiger partial charge in [0.15, 0.2) is 0 Å². The maximum absolute atomic E-state index is 9.30. The molecule has 1 aromatic carbocycles. The van der Waals surface area contributed by atoms with Gasteiger partial charge in [-0.25, -0.2) is 0 Å². The third kappa shape index (κ3) is 6.25. The zero-order valence-electron chi connectivity index (χ0n) is 11.4. The summed E-state index contributed by atoms with van der Waals surface area (Å²) in [5.41, 5.74) is 0.943. The van der Waals surface area contributed by atoms with Gasteiger partial charge >= 0.3 is 0 Å². The van der Waals surface area contributed by atoms with Gasteiger partial charge < -0.3 is 20.3 Å². The highest BCUT2D eigenvalue weighted by molar-refractivity contribution is 6.30. The predicted octanol–water partition coefficient (Wildman–Crippen LogP) is 1.82. The Morgan fingerprint density at radius 1 is 1.37 bits per heavy atom. The maximum atomic E-state index is 9.30. The molecule has 1 atom stereocenters. The van der Waals surface area contributed by atoms with Gasteiger partial charge in [-0.15, -0.1) is 0 Å². The molecule has 108 valence electrons. The second kappa shape index (κ2) is 8.38. The molecule has 5 heteroatoms. The van der Waals surface area contributed by atoms with Crippen LogP contribution in [0.15, 0.2) is 18.2 Å². The van der Waals surface area contributed by atoms with Gasteiger partial charge in [-0.2, -0.15) is 0 Å². The fraction of sp³-hybridized carbons (Fsp3) is 0.571. The first kappa shape index (κ1) is 16.2. The van der Waals surface area contributed by atoms with Crippen LogP contribution in [-0.4, -0.2) is 36.1 Å². The van der Waals surface area contributed by atoms with Crippen molar-refractivity contribution in [3.05, 3.63) is 28.8 Å². The van der Waals surface area contributed by atoms with Crippen molar-refractivity contribution in [2.45, 2.75) is 26.5 Å². The predicted molar refractivity (Wildman–Crippen MR) is 76.6 cm³/mol. The van der Waals surface area contributed by atoms with E-state index >= 15 is 0 Å². The van der Waals surface area contributed by atoms with E-state index in [0.29, 0.717) is 23.2 Å². The molecular formula is C14H22ClNO3. The molecule has 0 saturated carbocycles. The molecule has 0 amide bonds. The molecule has 19 heavy (non-hydrogen) atoms. The van der Waals surface area contributed by atoms with Crippen LogP contribution in [-0.2, 0) is 6.54 Å². The van der Waals surface area contributed by atoms with Crippen LogP contribution in [0.3, 0.4) is 0 Å². The van der Waals surface area contributed by atoms with E-state index in [9.17, 15) is 5.11 Å². The Labute approximate surface area is 119 Å². The third-order valence-electron chi connectivity index (χ3n) is 2.53. The van der Waals surface area contributed by atoms with Gasteiger partial charge in [0.2, 0.25) is 0 Å². The van der Waals surface area contributed by atoms with Crippen molar-refractivity contribution in [3.8, 4) is 5.75 Å². The minimum Gasteiger partial charge on any atom is -0.490 e. The van der Waals surface area contributed by atoms with E-state index < -0.39 is 6.10 Å². The zero-order valence-corrected chi connectivity index (χ0v) is 12.2. The van der Waals surface area contributed by atoms with Gasteiger partial charge in [-0.3, -0.25) is 0 Å². The van der Waals surface area contributed by atoms with Gasteiger partial charge in [0.25, 0.3) is 0 Å². The number of hydrogen-bond donors (Lipinski definition) is 3. The number of benzene rings is 1. The van der Waals surface area contributed by atoms with E-state index in [1.165, 1.54) is 0 Å². The topological polar surface area (TPSA) is 61.7 Å². The Balaban J connectivity index is 2.63. The molecule has 3 N–H and O–H groups in total. The standard InChI is InChI=1S/C14H22ClNO3/c1-10(2)6-16-7-11-5-12(15)3-4-14(11)19-9-13(18)8-17/h3-5,10,13,16-18H,6-9H2,1-2H3. The molecule has 0 fully saturated rings. The van der Waals surface area contributed by atoms with Crippen molar-refractivity contribution in [2.24, 2.45) is 5.92 Å². The normalized spacial score (nSPS) is 12.7. The SMILES string of the molecule is CC(C)CNCc1cc(Cl)ccc1OCC(O)CO. The largest absolute Gasteiger partial charge is 0.490 e. The Hall–Kier alpha value is -0.810. The summed E-state index contributed by atoms with van der Waals surface area (Å²) in [5, 5.41) is 22.0. The molecule has 0 radical (unpaired) electrons. The second-order valence-electron chi connectivity index (χ2n) is 4.92. The van der Waals surface area contributed by atoms with Crippen molar-refractivity contribution in [1.82, 2.24) is 5.32 Å². The second-order valence-corrected chi connectivity index (χ2v) is 5.36. The van der Waals surface area contributed by atoms with E-state index in [0.717, 1.165) is 12.1 Å². The van der Waals surface area contributed by atoms with Crippen LogP contribution in [0.4, 0.5) is 0 Å². The van der Waals surface area contributed by atoms with Crippen LogP contribution in [0.1, 0.15) is 19.4 Å². The molecule has 0 aromatic heterocycles. The smallest absolute Gasteiger partial charge is 0.124 e. The van der Waals surface area contributed by atoms with Gasteiger partial charge in [-0.1, -0.05) is 25.4 Å². The summed E-state index contributed by atoms with van der Waals surface area (Å²) < 4.78 is 5.49. The highest BCUT2D eigenvalue weighted by Gasteiger charge is 2.08. The molecule has 0 aliphatic carbocycles. The zero-order chi connectivity index (χ0) is 14.3. The molecule has 0 aliphatic heterocycles. The van der Waals surface area contributed by atoms with Gasteiger partial charge in [0, 0.05) is 17.1 Å². The summed E-state index contributed by atoms with van der Waals surface area (Å²) in [6.07, 6.45) is -0.868. The Morgan fingerprint density at radius 2 is 2.11 bits per heavy atom. The number of nitrogens with one attached hydrogen (secondary N) is 1. The van der Waals surface area contributed by atoms with Crippen molar-refractivity contribution >= 4 is 11.6 Å². The lowest BCUT2D eigenvalue weighted by molar-refractivity contribution is 0.0532. The molecule has 0 heterocycles. The minimum atomic E-state index is -0.868. The fourth-order valence-electron chi connectivity index (χ4n) is 1.56. The van der Waals surface area contributed by atoms with Crippen molar-refractivity contribution < 1.29 is 14.9 Å². The lowest BCUT2D eigenvalue weighted by Gasteiger charge is -2.15. The van der Waals surface area contributed by atoms with E-state index in [1.54, 1.807) is 12.1 Å². The molecule has 0 spiro atoms. The molecule has 0 aliphatic rings. The Morgan fingerprint density at radius 3 is 2.74 bits per heavy atom. The van der Waals surface area contributed by atoms with Crippen molar-refractivity contribution in [3.63, 3.8) is 0 Å². The number of ether oxygens (including phenoxy) is 1. The number of rotatable bonds is 8. The number of aliphatic hydroxyl groups is 2. The summed E-state index contributed by atoms with van der Waals surface area (Å²) in [6.45, 7) is 5.60. The van der Waals surface area contributed by atoms with E-state index in [-0.39, 0.29) is 13.2 Å². The quantitative estimate of drug-likeness (QED) is 0.682. The van der Waals surface area contributed by atoms with Crippen LogP contribution < -0.4 is 10.1 Å². The van der Waals surface area contributed by atoms with Crippen molar-refractivity contribution in [2.75, 3.05) is 19.8 Å². The lowest BCUT2D eigenvalue weighted by atomic mass is 10.1. The molecule has 1 aromatic rings. The maximum Gasteiger partial charge on any atom is 0.124 e. The first-order chi connectivity index (χ1) is 9.02. The first-order valence-corrected chi connectivity index (χ1v) is 6.81. The molecule has 1 rings (SSSR count). The first-order valence-electron chi connectivity index (χ1n) is 6.43. The number of aliphatic hydroxyl groups excluding tert-OH is 2. The van der Waals surface area contributed by atoms with E-state index in [2.05, 4.69) is 19.2 Å². The Bertz CT molecular complexity index is 385. The minimum absolute atomic E-state index is 0.0648. The highest BCUT2D eigenvalue weighted by Crippen LogP contribution is 2.23. The molecule has 1 unspecified atom stereocenters. The molecule has 0 saturated heterocycles. The highest BCUT2D eigenvalue weighted by atomic mass is 35.5. The molecule has 0 bridgehead atoms. The summed E-state index contributed by atoms with van der Waals surface area (Å²) in [5.74, 6) is 1.24. The summed E-state index contributed by atoms with van der Waals surface area (Å²) in [6, 6.07) is 5.36. The van der Waals surface area contributed by atoms with Crippen molar-refractivity contribution in [1.29, 1.82) is 0 Å². The van der Waals surface area contributed by atoms with E-state index in [1.807, 2.05) is 6.07 Å². The van der Waals surface area contributed by atoms with Crippen LogP contribution >= 0.6 is 11.6 Å². The monoisotopic (exact) mass is 287 g/mol. The molecular weight excluding hydrogens is 266 g/mol. The van der Waals surface area contributed by atoms with E-state index in [4.69, 9.17) is 21.4 Å². The molecule has 4 nitrogen and oxygen atoms in total. The van der Waals surface area contributed by atoms with Gasteiger partial charge in [0.05, 0.1) is 6.61 Å². The van der Waals surface area contributed by atoms with Crippen LogP contribution in [0.5, 0.6) is 5.75 Å². The van der Waals surface area contributed by atoms with Crippen LogP contribution in [0, 0.1) is 5.92 Å². The number of hydrogen-bond acceptors (Lipinski definition) is 4. The summed E-state index contributed by atoms with van der Waals surface area (Å²) in [4.78, 5) is 0. The van der Waals surface area contributed by atoms with Gasteiger partial charge in [-0.05, 0) is 30.7 Å². The lowest BCUT2D eigenvalue weighted by Crippen LogP contribution is -2.23. The third-order valence-corrected chi connectivity index (χ3v) is 2.77.